The first-order valence-electron chi connectivity index (χ1n) is 5.29. The molecule has 0 radical (unpaired) electrons. The molecule has 17 heavy (non-hydrogen) atoms. The lowest BCUT2D eigenvalue weighted by atomic mass is 10.1. The Kier molecular flexibility index (Phi) is 2.16. The molecule has 0 aliphatic rings. The van der Waals surface area contributed by atoms with E-state index in [9.17, 15) is 4.79 Å². The predicted molar refractivity (Wildman–Crippen MR) is 71.5 cm³/mol. The van der Waals surface area contributed by atoms with E-state index >= 15 is 0 Å². The van der Waals surface area contributed by atoms with Crippen LogP contribution in [0.4, 0.5) is 0 Å². The van der Waals surface area contributed by atoms with E-state index in [1.165, 1.54) is 11.6 Å². The Labute approximate surface area is 106 Å². The largest absolute Gasteiger partial charge is 0.421 e. The lowest BCUT2D eigenvalue weighted by Gasteiger charge is -2.01. The maximum Gasteiger partial charge on any atom is 0.336 e. The zero-order valence-corrected chi connectivity index (χ0v) is 11.0. The fraction of sp³-hybridized carbons (Fsp3) is 0.154. The molecule has 0 aliphatic heterocycles. The van der Waals surface area contributed by atoms with Crippen molar-refractivity contribution in [3.8, 4) is 0 Å². The highest BCUT2D eigenvalue weighted by atomic mass is 79.9. The molecule has 0 atom stereocenters. The van der Waals surface area contributed by atoms with Gasteiger partial charge in [0.05, 0.1) is 4.47 Å². The van der Waals surface area contributed by atoms with Crippen molar-refractivity contribution < 1.29 is 4.42 Å². The summed E-state index contributed by atoms with van der Waals surface area (Å²) in [6.45, 7) is 4.10. The summed E-state index contributed by atoms with van der Waals surface area (Å²) >= 11 is 3.43. The average Bonchev–Trinajstić information content (AvgIpc) is 2.55. The summed E-state index contributed by atoms with van der Waals surface area (Å²) in [6, 6.07) is 5.21. The third-order valence-corrected chi connectivity index (χ3v) is 3.71. The van der Waals surface area contributed by atoms with Crippen LogP contribution in [-0.2, 0) is 0 Å². The highest BCUT2D eigenvalue weighted by Gasteiger charge is 2.12. The summed E-state index contributed by atoms with van der Waals surface area (Å²) in [5, 5.41) is 2.07. The molecule has 0 amide bonds. The van der Waals surface area contributed by atoms with Crippen LogP contribution < -0.4 is 5.63 Å². The molecule has 4 heteroatoms. The maximum absolute atomic E-state index is 11.3. The van der Waals surface area contributed by atoms with E-state index in [1.807, 2.05) is 19.1 Å². The molecule has 1 N–H and O–H groups in total. The van der Waals surface area contributed by atoms with E-state index in [-0.39, 0.29) is 5.63 Å². The summed E-state index contributed by atoms with van der Waals surface area (Å²) < 4.78 is 6.04. The third kappa shape index (κ3) is 1.44. The van der Waals surface area contributed by atoms with Gasteiger partial charge in [-0.1, -0.05) is 0 Å². The van der Waals surface area contributed by atoms with Crippen molar-refractivity contribution in [3.63, 3.8) is 0 Å². The number of hydrogen-bond donors (Lipinski definition) is 1. The van der Waals surface area contributed by atoms with E-state index < -0.39 is 0 Å². The van der Waals surface area contributed by atoms with Gasteiger partial charge in [0.25, 0.3) is 0 Å². The Hall–Kier alpha value is -1.55. The Morgan fingerprint density at radius 1 is 1.29 bits per heavy atom. The first-order chi connectivity index (χ1) is 8.08. The highest BCUT2D eigenvalue weighted by Crippen LogP contribution is 2.33. The number of hydrogen-bond acceptors (Lipinski definition) is 2. The fourth-order valence-corrected chi connectivity index (χ4v) is 2.71. The van der Waals surface area contributed by atoms with E-state index in [0.717, 1.165) is 26.5 Å². The standard InChI is InChI=1S/C13H10BrNO2/c1-6-7(2)15-10-5-9(14)13-8(12(6)10)3-4-11(16)17-13/h3-5,15H,1-2H3. The van der Waals surface area contributed by atoms with E-state index in [4.69, 9.17) is 4.42 Å². The molecular formula is C13H10BrNO2. The van der Waals surface area contributed by atoms with Gasteiger partial charge in [0.1, 0.15) is 0 Å². The van der Waals surface area contributed by atoms with Crippen molar-refractivity contribution in [2.75, 3.05) is 0 Å². The number of aromatic nitrogens is 1. The van der Waals surface area contributed by atoms with E-state index in [1.54, 1.807) is 0 Å². The molecule has 0 fully saturated rings. The van der Waals surface area contributed by atoms with Crippen LogP contribution in [0.5, 0.6) is 0 Å². The number of fused-ring (bicyclic) bond motifs is 3. The molecule has 0 saturated carbocycles. The normalized spacial score (nSPS) is 11.5. The molecule has 2 aromatic heterocycles. The van der Waals surface area contributed by atoms with Gasteiger partial charge in [-0.3, -0.25) is 0 Å². The minimum atomic E-state index is -0.331. The lowest BCUT2D eigenvalue weighted by Crippen LogP contribution is -1.95. The molecule has 3 nitrogen and oxygen atoms in total. The van der Waals surface area contributed by atoms with Crippen LogP contribution in [0.2, 0.25) is 0 Å². The van der Waals surface area contributed by atoms with Crippen LogP contribution in [0.3, 0.4) is 0 Å². The number of H-pyrrole nitrogens is 1. The molecule has 0 saturated heterocycles. The topological polar surface area (TPSA) is 46.0 Å². The summed E-state index contributed by atoms with van der Waals surface area (Å²) in [7, 11) is 0. The number of aromatic amines is 1. The van der Waals surface area contributed by atoms with Crippen molar-refractivity contribution in [3.05, 3.63) is 44.3 Å². The Morgan fingerprint density at radius 3 is 2.82 bits per heavy atom. The molecular weight excluding hydrogens is 282 g/mol. The predicted octanol–water partition coefficient (Wildman–Crippen LogP) is 3.65. The number of benzene rings is 1. The van der Waals surface area contributed by atoms with Gasteiger partial charge in [0.15, 0.2) is 5.58 Å². The van der Waals surface area contributed by atoms with Gasteiger partial charge in [0.2, 0.25) is 0 Å². The van der Waals surface area contributed by atoms with Gasteiger partial charge in [-0.15, -0.1) is 0 Å². The smallest absolute Gasteiger partial charge is 0.336 e. The van der Waals surface area contributed by atoms with Crippen LogP contribution in [0.15, 0.2) is 31.9 Å². The Balaban J connectivity index is 2.67. The van der Waals surface area contributed by atoms with Crippen LogP contribution in [-0.4, -0.2) is 4.98 Å². The van der Waals surface area contributed by atoms with Crippen molar-refractivity contribution in [2.24, 2.45) is 0 Å². The third-order valence-electron chi connectivity index (χ3n) is 3.12. The first kappa shape index (κ1) is 10.6. The minimum absolute atomic E-state index is 0.331. The van der Waals surface area contributed by atoms with Gasteiger partial charge in [-0.2, -0.15) is 0 Å². The van der Waals surface area contributed by atoms with Crippen molar-refractivity contribution in [1.82, 2.24) is 4.98 Å². The van der Waals surface area contributed by atoms with Gasteiger partial charge in [-0.05, 0) is 47.5 Å². The van der Waals surface area contributed by atoms with Crippen molar-refractivity contribution in [1.29, 1.82) is 0 Å². The summed E-state index contributed by atoms with van der Waals surface area (Å²) in [5.41, 5.74) is 3.64. The maximum atomic E-state index is 11.3. The van der Waals surface area contributed by atoms with Crippen LogP contribution in [0.1, 0.15) is 11.3 Å². The number of halogens is 1. The van der Waals surface area contributed by atoms with Crippen LogP contribution in [0.25, 0.3) is 21.9 Å². The zero-order chi connectivity index (χ0) is 12.2. The monoisotopic (exact) mass is 291 g/mol. The highest BCUT2D eigenvalue weighted by molar-refractivity contribution is 9.10. The number of rotatable bonds is 0. The molecule has 3 aromatic rings. The van der Waals surface area contributed by atoms with E-state index in [2.05, 4.69) is 27.8 Å². The summed E-state index contributed by atoms with van der Waals surface area (Å²) in [6.07, 6.45) is 0. The SMILES string of the molecule is Cc1[nH]c2cc(Br)c3oc(=O)ccc3c2c1C. The quantitative estimate of drug-likeness (QED) is 0.643. The average molecular weight is 292 g/mol. The van der Waals surface area contributed by atoms with Crippen LogP contribution in [0, 0.1) is 13.8 Å². The van der Waals surface area contributed by atoms with Gasteiger partial charge in [-0.25, -0.2) is 4.79 Å². The Bertz CT molecular complexity index is 798. The molecule has 86 valence electrons. The van der Waals surface area contributed by atoms with Gasteiger partial charge < -0.3 is 9.40 Å². The molecule has 2 heterocycles. The molecule has 3 rings (SSSR count). The fourth-order valence-electron chi connectivity index (χ4n) is 2.19. The Morgan fingerprint density at radius 2 is 2.06 bits per heavy atom. The molecule has 0 unspecified atom stereocenters. The molecule has 0 aliphatic carbocycles. The summed E-state index contributed by atoms with van der Waals surface area (Å²) in [5.74, 6) is 0. The zero-order valence-electron chi connectivity index (χ0n) is 9.43. The molecule has 0 bridgehead atoms. The summed E-state index contributed by atoms with van der Waals surface area (Å²) in [4.78, 5) is 14.6. The molecule has 1 aromatic carbocycles. The second-order valence-corrected chi connectivity index (χ2v) is 5.01. The van der Waals surface area contributed by atoms with Gasteiger partial charge in [0, 0.05) is 28.0 Å². The number of aryl methyl sites for hydroxylation is 2. The first-order valence-corrected chi connectivity index (χ1v) is 6.08. The van der Waals surface area contributed by atoms with Crippen molar-refractivity contribution in [2.45, 2.75) is 13.8 Å². The van der Waals surface area contributed by atoms with Gasteiger partial charge >= 0.3 is 5.63 Å². The number of nitrogens with one attached hydrogen (secondary N) is 1. The van der Waals surface area contributed by atoms with E-state index in [0.29, 0.717) is 5.58 Å². The second kappa shape index (κ2) is 3.47. The second-order valence-electron chi connectivity index (χ2n) is 4.15. The lowest BCUT2D eigenvalue weighted by molar-refractivity contribution is 0.559. The van der Waals surface area contributed by atoms with Crippen molar-refractivity contribution >= 4 is 37.8 Å². The minimum Gasteiger partial charge on any atom is -0.421 e. The molecule has 0 spiro atoms. The van der Waals surface area contributed by atoms with Crippen LogP contribution >= 0.6 is 15.9 Å².